The van der Waals surface area contributed by atoms with Crippen molar-refractivity contribution < 1.29 is 4.79 Å². The Kier molecular flexibility index (Phi) is 4.99. The van der Waals surface area contributed by atoms with Gasteiger partial charge in [0.25, 0.3) is 5.91 Å². The van der Waals surface area contributed by atoms with Gasteiger partial charge in [0.1, 0.15) is 0 Å². The molecule has 0 aromatic heterocycles. The van der Waals surface area contributed by atoms with Gasteiger partial charge in [0.05, 0.1) is 17.3 Å². The highest BCUT2D eigenvalue weighted by Crippen LogP contribution is 2.23. The molecule has 2 rings (SSSR count). The van der Waals surface area contributed by atoms with Crippen molar-refractivity contribution in [3.05, 3.63) is 64.2 Å². The molecule has 2 aromatic rings. The molecule has 0 saturated carbocycles. The van der Waals surface area contributed by atoms with Crippen molar-refractivity contribution in [3.8, 4) is 11.8 Å². The van der Waals surface area contributed by atoms with E-state index < -0.39 is 0 Å². The monoisotopic (exact) mass is 298 g/mol. The lowest BCUT2D eigenvalue weighted by Gasteiger charge is -2.08. The standard InChI is InChI=1S/C17H15ClN2O/c1-12-4-7-14(8-5-12)17(21)20-16-11-13(3-2-10-19)6-9-15(16)18/h4-9,11H,10,19H2,1H3,(H,20,21). The Morgan fingerprint density at radius 1 is 1.24 bits per heavy atom. The van der Waals surface area contributed by atoms with Crippen LogP contribution in [0.4, 0.5) is 5.69 Å². The van der Waals surface area contributed by atoms with E-state index in [0.29, 0.717) is 16.3 Å². The Balaban J connectivity index is 2.22. The van der Waals surface area contributed by atoms with Crippen LogP contribution >= 0.6 is 11.6 Å². The molecule has 0 spiro atoms. The van der Waals surface area contributed by atoms with Crippen LogP contribution in [-0.4, -0.2) is 12.5 Å². The van der Waals surface area contributed by atoms with Gasteiger partial charge < -0.3 is 11.1 Å². The number of benzene rings is 2. The smallest absolute Gasteiger partial charge is 0.255 e. The zero-order valence-corrected chi connectivity index (χ0v) is 12.4. The Hall–Kier alpha value is -2.28. The summed E-state index contributed by atoms with van der Waals surface area (Å²) in [6.07, 6.45) is 0. The van der Waals surface area contributed by atoms with E-state index in [1.807, 2.05) is 19.1 Å². The van der Waals surface area contributed by atoms with E-state index in [1.165, 1.54) is 0 Å². The van der Waals surface area contributed by atoms with Crippen molar-refractivity contribution in [2.75, 3.05) is 11.9 Å². The van der Waals surface area contributed by atoms with Gasteiger partial charge in [-0.2, -0.15) is 0 Å². The highest BCUT2D eigenvalue weighted by atomic mass is 35.5. The first kappa shape index (κ1) is 15.1. The second kappa shape index (κ2) is 6.94. The Morgan fingerprint density at radius 3 is 2.62 bits per heavy atom. The number of aryl methyl sites for hydroxylation is 1. The van der Waals surface area contributed by atoms with Crippen LogP contribution in [0.1, 0.15) is 21.5 Å². The fourth-order valence-corrected chi connectivity index (χ4v) is 1.92. The van der Waals surface area contributed by atoms with Crippen LogP contribution in [0.3, 0.4) is 0 Å². The number of halogens is 1. The minimum Gasteiger partial charge on any atom is -0.321 e. The van der Waals surface area contributed by atoms with Gasteiger partial charge in [-0.15, -0.1) is 0 Å². The zero-order chi connectivity index (χ0) is 15.2. The maximum Gasteiger partial charge on any atom is 0.255 e. The van der Waals surface area contributed by atoms with E-state index in [0.717, 1.165) is 11.1 Å². The molecule has 4 heteroatoms. The number of hydrogen-bond acceptors (Lipinski definition) is 2. The normalized spacial score (nSPS) is 9.67. The molecule has 0 saturated heterocycles. The average molecular weight is 299 g/mol. The molecule has 106 valence electrons. The fourth-order valence-electron chi connectivity index (χ4n) is 1.75. The SMILES string of the molecule is Cc1ccc(C(=O)Nc2cc(C#CCN)ccc2Cl)cc1. The minimum atomic E-state index is -0.208. The summed E-state index contributed by atoms with van der Waals surface area (Å²) in [5.74, 6) is 5.46. The topological polar surface area (TPSA) is 55.1 Å². The number of nitrogens with two attached hydrogens (primary N) is 1. The molecule has 3 N–H and O–H groups in total. The van der Waals surface area contributed by atoms with Crippen LogP contribution < -0.4 is 11.1 Å². The van der Waals surface area contributed by atoms with Gasteiger partial charge in [0, 0.05) is 11.1 Å². The molecule has 1 amide bonds. The third-order valence-electron chi connectivity index (χ3n) is 2.86. The first-order chi connectivity index (χ1) is 10.1. The summed E-state index contributed by atoms with van der Waals surface area (Å²) >= 11 is 6.10. The molecule has 0 fully saturated rings. The third kappa shape index (κ3) is 4.09. The van der Waals surface area contributed by atoms with E-state index in [2.05, 4.69) is 17.2 Å². The van der Waals surface area contributed by atoms with Crippen LogP contribution in [0.2, 0.25) is 5.02 Å². The number of anilines is 1. The predicted molar refractivity (Wildman–Crippen MR) is 86.5 cm³/mol. The van der Waals surface area contributed by atoms with Crippen molar-refractivity contribution in [2.45, 2.75) is 6.92 Å². The molecule has 0 bridgehead atoms. The summed E-state index contributed by atoms with van der Waals surface area (Å²) < 4.78 is 0. The van der Waals surface area contributed by atoms with E-state index in [1.54, 1.807) is 30.3 Å². The van der Waals surface area contributed by atoms with Crippen LogP contribution in [0.15, 0.2) is 42.5 Å². The first-order valence-corrected chi connectivity index (χ1v) is 6.84. The highest BCUT2D eigenvalue weighted by molar-refractivity contribution is 6.34. The summed E-state index contributed by atoms with van der Waals surface area (Å²) in [5.41, 5.74) is 8.31. The molecule has 0 aliphatic heterocycles. The third-order valence-corrected chi connectivity index (χ3v) is 3.19. The van der Waals surface area contributed by atoms with E-state index >= 15 is 0 Å². The molecule has 0 unspecified atom stereocenters. The molecule has 0 aliphatic carbocycles. The van der Waals surface area contributed by atoms with Gasteiger partial charge in [-0.25, -0.2) is 0 Å². The number of carbonyl (C=O) groups is 1. The molecule has 0 atom stereocenters. The van der Waals surface area contributed by atoms with Gasteiger partial charge >= 0.3 is 0 Å². The Morgan fingerprint density at radius 2 is 1.95 bits per heavy atom. The van der Waals surface area contributed by atoms with E-state index in [4.69, 9.17) is 17.3 Å². The van der Waals surface area contributed by atoms with Gasteiger partial charge in [0.15, 0.2) is 0 Å². The number of nitrogens with one attached hydrogen (secondary N) is 1. The van der Waals surface area contributed by atoms with Crippen molar-refractivity contribution in [1.82, 2.24) is 0 Å². The lowest BCUT2D eigenvalue weighted by atomic mass is 10.1. The highest BCUT2D eigenvalue weighted by Gasteiger charge is 2.08. The predicted octanol–water partition coefficient (Wildman–Crippen LogP) is 3.21. The fraction of sp³-hybridized carbons (Fsp3) is 0.118. The Bertz CT molecular complexity index is 712. The molecule has 3 nitrogen and oxygen atoms in total. The maximum atomic E-state index is 12.2. The van der Waals surface area contributed by atoms with Crippen LogP contribution in [0.25, 0.3) is 0 Å². The average Bonchev–Trinajstić information content (AvgIpc) is 2.48. The molecule has 2 aromatic carbocycles. The summed E-state index contributed by atoms with van der Waals surface area (Å²) in [6.45, 7) is 2.26. The van der Waals surface area contributed by atoms with Gasteiger partial charge in [-0.1, -0.05) is 41.1 Å². The van der Waals surface area contributed by atoms with Crippen molar-refractivity contribution >= 4 is 23.2 Å². The number of carbonyl (C=O) groups excluding carboxylic acids is 1. The largest absolute Gasteiger partial charge is 0.321 e. The minimum absolute atomic E-state index is 0.208. The summed E-state index contributed by atoms with van der Waals surface area (Å²) in [7, 11) is 0. The maximum absolute atomic E-state index is 12.2. The van der Waals surface area contributed by atoms with Crippen LogP contribution in [-0.2, 0) is 0 Å². The molecule has 0 heterocycles. The second-order valence-electron chi connectivity index (χ2n) is 4.52. The number of amides is 1. The zero-order valence-electron chi connectivity index (χ0n) is 11.6. The number of rotatable bonds is 2. The van der Waals surface area contributed by atoms with E-state index in [-0.39, 0.29) is 12.5 Å². The summed E-state index contributed by atoms with van der Waals surface area (Å²) in [5, 5.41) is 3.26. The number of hydrogen-bond donors (Lipinski definition) is 2. The molecular weight excluding hydrogens is 284 g/mol. The van der Waals surface area contributed by atoms with Crippen molar-refractivity contribution in [2.24, 2.45) is 5.73 Å². The lowest BCUT2D eigenvalue weighted by Crippen LogP contribution is -2.12. The lowest BCUT2D eigenvalue weighted by molar-refractivity contribution is 0.102. The Labute approximate surface area is 129 Å². The van der Waals surface area contributed by atoms with Crippen molar-refractivity contribution in [3.63, 3.8) is 0 Å². The molecule has 0 radical (unpaired) electrons. The molecule has 0 aliphatic rings. The van der Waals surface area contributed by atoms with E-state index in [9.17, 15) is 4.79 Å². The van der Waals surface area contributed by atoms with Crippen LogP contribution in [0.5, 0.6) is 0 Å². The van der Waals surface area contributed by atoms with Gasteiger partial charge in [0.2, 0.25) is 0 Å². The van der Waals surface area contributed by atoms with Gasteiger partial charge in [-0.05, 0) is 37.3 Å². The molecule has 21 heavy (non-hydrogen) atoms. The van der Waals surface area contributed by atoms with Crippen molar-refractivity contribution in [1.29, 1.82) is 0 Å². The summed E-state index contributed by atoms with van der Waals surface area (Å²) in [4.78, 5) is 12.2. The van der Waals surface area contributed by atoms with Crippen LogP contribution in [0, 0.1) is 18.8 Å². The summed E-state index contributed by atoms with van der Waals surface area (Å²) in [6, 6.07) is 12.5. The molecular formula is C17H15ClN2O. The van der Waals surface area contributed by atoms with Gasteiger partial charge in [-0.3, -0.25) is 4.79 Å². The first-order valence-electron chi connectivity index (χ1n) is 6.46. The second-order valence-corrected chi connectivity index (χ2v) is 4.93. The quantitative estimate of drug-likeness (QED) is 0.837.